The maximum Gasteiger partial charge on any atom is 0.401 e. The number of hydrogen-bond donors (Lipinski definition) is 0. The third-order valence-corrected chi connectivity index (χ3v) is 7.45. The lowest BCUT2D eigenvalue weighted by molar-refractivity contribution is -0.146. The molecule has 176 valence electrons. The minimum Gasteiger partial charge on any atom is -0.354 e. The molecule has 6 rings (SSSR count). The molecule has 2 aliphatic carbocycles. The number of rotatable bonds is 4. The molecule has 0 aromatic carbocycles. The fourth-order valence-corrected chi connectivity index (χ4v) is 5.33. The zero-order valence-corrected chi connectivity index (χ0v) is 18.7. The molecule has 8 nitrogen and oxygen atoms in total. The largest absolute Gasteiger partial charge is 0.401 e. The summed E-state index contributed by atoms with van der Waals surface area (Å²) in [6.45, 7) is 2.43. The molecule has 4 heterocycles. The molecule has 1 spiro atoms. The van der Waals surface area contributed by atoms with Crippen LogP contribution in [-0.4, -0.2) is 68.5 Å². The molecule has 0 N–H and O–H groups in total. The van der Waals surface area contributed by atoms with E-state index in [4.69, 9.17) is 0 Å². The van der Waals surface area contributed by atoms with Gasteiger partial charge in [0.25, 0.3) is 0 Å². The number of nitrogens with zero attached hydrogens (tertiary/aromatic N) is 8. The highest BCUT2D eigenvalue weighted by molar-refractivity contribution is 5.80. The van der Waals surface area contributed by atoms with Crippen LogP contribution in [0.2, 0.25) is 0 Å². The molecule has 34 heavy (non-hydrogen) atoms. The lowest BCUT2D eigenvalue weighted by Gasteiger charge is -2.35. The summed E-state index contributed by atoms with van der Waals surface area (Å²) in [5.41, 5.74) is 1.22. The minimum atomic E-state index is -4.19. The van der Waals surface area contributed by atoms with Gasteiger partial charge in [0.05, 0.1) is 30.0 Å². The fourth-order valence-electron chi connectivity index (χ4n) is 5.33. The molecule has 1 saturated heterocycles. The van der Waals surface area contributed by atoms with Crippen molar-refractivity contribution in [2.45, 2.75) is 37.8 Å². The second-order valence-electron chi connectivity index (χ2n) is 9.67. The van der Waals surface area contributed by atoms with Gasteiger partial charge >= 0.3 is 6.18 Å². The van der Waals surface area contributed by atoms with E-state index in [1.54, 1.807) is 24.0 Å². The first-order valence-electron chi connectivity index (χ1n) is 11.4. The van der Waals surface area contributed by atoms with Gasteiger partial charge in [0.1, 0.15) is 17.1 Å². The van der Waals surface area contributed by atoms with Crippen molar-refractivity contribution in [3.8, 4) is 11.9 Å². The number of halogens is 3. The molecule has 3 aliphatic rings. The summed E-state index contributed by atoms with van der Waals surface area (Å²) in [6, 6.07) is 6.29. The third kappa shape index (κ3) is 3.39. The lowest BCUT2D eigenvalue weighted by atomic mass is 9.98. The maximum atomic E-state index is 12.7. The third-order valence-electron chi connectivity index (χ3n) is 7.45. The van der Waals surface area contributed by atoms with Crippen LogP contribution in [0.25, 0.3) is 16.7 Å². The Morgan fingerprint density at radius 2 is 1.79 bits per heavy atom. The standard InChI is InChI=1S/C23H23F3N8/c1-15-30-19(33-6-4-32(5-7-33)14-23(24,25)26)9-20(31-15)34-17-8-18(28-10-16(17)11-29-34)22(13-27)12-21(22)2-3-21/h8-11H,2-7,12,14H2,1H3/t22-/m0/s1. The van der Waals surface area contributed by atoms with Crippen molar-refractivity contribution in [3.63, 3.8) is 0 Å². The van der Waals surface area contributed by atoms with Crippen molar-refractivity contribution in [2.24, 2.45) is 5.41 Å². The van der Waals surface area contributed by atoms with E-state index in [1.807, 2.05) is 17.0 Å². The van der Waals surface area contributed by atoms with E-state index in [9.17, 15) is 18.4 Å². The number of pyridine rings is 1. The molecule has 3 fully saturated rings. The van der Waals surface area contributed by atoms with Crippen molar-refractivity contribution in [3.05, 3.63) is 36.0 Å². The normalized spacial score (nSPS) is 23.9. The SMILES string of the molecule is Cc1nc(N2CCN(CC(F)(F)F)CC2)cc(-n2ncc3cnc([C@@]4(C#N)CC45CC5)cc32)n1. The summed E-state index contributed by atoms with van der Waals surface area (Å²) in [4.78, 5) is 17.1. The molecule has 0 bridgehead atoms. The first-order chi connectivity index (χ1) is 16.2. The number of aromatic nitrogens is 5. The molecule has 2 saturated carbocycles. The Kier molecular flexibility index (Phi) is 4.46. The Bertz CT molecular complexity index is 1310. The Hall–Kier alpha value is -3.26. The van der Waals surface area contributed by atoms with Crippen LogP contribution in [0.1, 0.15) is 30.8 Å². The maximum absolute atomic E-state index is 12.7. The van der Waals surface area contributed by atoms with E-state index >= 15 is 0 Å². The molecule has 0 radical (unpaired) electrons. The van der Waals surface area contributed by atoms with Gasteiger partial charge in [-0.1, -0.05) is 0 Å². The molecule has 1 atom stereocenters. The van der Waals surface area contributed by atoms with Gasteiger partial charge in [-0.15, -0.1) is 0 Å². The summed E-state index contributed by atoms with van der Waals surface area (Å²) in [6.07, 6.45) is 2.29. The van der Waals surface area contributed by atoms with Crippen LogP contribution in [0, 0.1) is 23.7 Å². The first kappa shape index (κ1) is 21.3. The predicted octanol–water partition coefficient (Wildman–Crippen LogP) is 3.15. The van der Waals surface area contributed by atoms with Gasteiger partial charge in [0.15, 0.2) is 5.82 Å². The quantitative estimate of drug-likeness (QED) is 0.581. The predicted molar refractivity (Wildman–Crippen MR) is 117 cm³/mol. The summed E-state index contributed by atoms with van der Waals surface area (Å²) in [5.74, 6) is 1.80. The summed E-state index contributed by atoms with van der Waals surface area (Å²) < 4.78 is 39.9. The zero-order chi connectivity index (χ0) is 23.7. The second kappa shape index (κ2) is 7.12. The van der Waals surface area contributed by atoms with Crippen LogP contribution in [0.3, 0.4) is 0 Å². The molecule has 3 aromatic rings. The lowest BCUT2D eigenvalue weighted by Crippen LogP contribution is -2.49. The van der Waals surface area contributed by atoms with Gasteiger partial charge in [-0.05, 0) is 37.7 Å². The Morgan fingerprint density at radius 3 is 2.44 bits per heavy atom. The van der Waals surface area contributed by atoms with Crippen molar-refractivity contribution in [2.75, 3.05) is 37.6 Å². The number of hydrogen-bond acceptors (Lipinski definition) is 7. The Morgan fingerprint density at radius 1 is 1.06 bits per heavy atom. The van der Waals surface area contributed by atoms with Crippen LogP contribution in [0.15, 0.2) is 24.5 Å². The molecular weight excluding hydrogens is 445 g/mol. The Balaban J connectivity index is 1.30. The topological polar surface area (TPSA) is 86.8 Å². The number of piperazine rings is 1. The molecule has 0 unspecified atom stereocenters. The molecule has 3 aromatic heterocycles. The summed E-state index contributed by atoms with van der Waals surface area (Å²) in [7, 11) is 0. The molecule has 1 aliphatic heterocycles. The highest BCUT2D eigenvalue weighted by Crippen LogP contribution is 2.78. The van der Waals surface area contributed by atoms with Crippen molar-refractivity contribution < 1.29 is 13.2 Å². The van der Waals surface area contributed by atoms with E-state index in [2.05, 4.69) is 26.1 Å². The van der Waals surface area contributed by atoms with Gasteiger partial charge < -0.3 is 4.90 Å². The van der Waals surface area contributed by atoms with Crippen molar-refractivity contribution in [1.29, 1.82) is 5.26 Å². The molecule has 11 heteroatoms. The highest BCUT2D eigenvalue weighted by Gasteiger charge is 2.76. The van der Waals surface area contributed by atoms with Crippen molar-refractivity contribution in [1.82, 2.24) is 29.6 Å². The van der Waals surface area contributed by atoms with Gasteiger partial charge in [-0.3, -0.25) is 9.88 Å². The van der Waals surface area contributed by atoms with Gasteiger partial charge in [0.2, 0.25) is 0 Å². The van der Waals surface area contributed by atoms with Gasteiger partial charge in [-0.25, -0.2) is 14.6 Å². The highest BCUT2D eigenvalue weighted by atomic mass is 19.4. The number of aryl methyl sites for hydroxylation is 1. The van der Waals surface area contributed by atoms with E-state index in [0.29, 0.717) is 43.6 Å². The van der Waals surface area contributed by atoms with Crippen LogP contribution in [0.4, 0.5) is 19.0 Å². The van der Waals surface area contributed by atoms with Crippen LogP contribution in [-0.2, 0) is 5.41 Å². The van der Waals surface area contributed by atoms with E-state index in [1.165, 1.54) is 4.90 Å². The van der Waals surface area contributed by atoms with E-state index in [0.717, 1.165) is 35.9 Å². The average molecular weight is 468 g/mol. The van der Waals surface area contributed by atoms with E-state index < -0.39 is 18.1 Å². The Labute approximate surface area is 194 Å². The van der Waals surface area contributed by atoms with Gasteiger partial charge in [0, 0.05) is 43.8 Å². The smallest absolute Gasteiger partial charge is 0.354 e. The van der Waals surface area contributed by atoms with E-state index in [-0.39, 0.29) is 5.41 Å². The number of fused-ring (bicyclic) bond motifs is 1. The first-order valence-corrected chi connectivity index (χ1v) is 11.4. The van der Waals surface area contributed by atoms with Crippen LogP contribution >= 0.6 is 0 Å². The minimum absolute atomic E-state index is 0.111. The number of nitriles is 1. The molecule has 0 amide bonds. The van der Waals surface area contributed by atoms with Crippen LogP contribution in [0.5, 0.6) is 0 Å². The summed E-state index contributed by atoms with van der Waals surface area (Å²) in [5, 5.41) is 15.3. The molecular formula is C23H23F3N8. The average Bonchev–Trinajstić information content (AvgIpc) is 3.67. The monoisotopic (exact) mass is 468 g/mol. The fraction of sp³-hybridized carbons (Fsp3) is 0.522. The van der Waals surface area contributed by atoms with Crippen molar-refractivity contribution >= 4 is 16.7 Å². The summed E-state index contributed by atoms with van der Waals surface area (Å²) >= 11 is 0. The number of anilines is 1. The number of alkyl halides is 3. The van der Waals surface area contributed by atoms with Crippen LogP contribution < -0.4 is 4.90 Å². The second-order valence-corrected chi connectivity index (χ2v) is 9.67. The zero-order valence-electron chi connectivity index (χ0n) is 18.7. The van der Waals surface area contributed by atoms with Gasteiger partial charge in [-0.2, -0.15) is 23.5 Å².